The van der Waals surface area contributed by atoms with Crippen molar-refractivity contribution in [2.75, 3.05) is 26.2 Å². The summed E-state index contributed by atoms with van der Waals surface area (Å²) in [6.07, 6.45) is 1.02. The Labute approximate surface area is 192 Å². The first-order valence-electron chi connectivity index (χ1n) is 11.5. The minimum absolute atomic E-state index is 0.0220. The molecule has 2 aliphatic rings. The quantitative estimate of drug-likeness (QED) is 0.734. The molecular weight excluding hydrogens is 431 g/mol. The molecule has 1 aromatic carbocycles. The van der Waals surface area contributed by atoms with E-state index in [0.717, 1.165) is 62.2 Å². The summed E-state index contributed by atoms with van der Waals surface area (Å²) in [7, 11) is 0. The molecule has 0 aliphatic carbocycles. The van der Waals surface area contributed by atoms with Crippen LogP contribution >= 0.6 is 0 Å². The minimum atomic E-state index is -4.46. The van der Waals surface area contributed by atoms with Gasteiger partial charge in [0.15, 0.2) is 0 Å². The Morgan fingerprint density at radius 3 is 2.12 bits per heavy atom. The van der Waals surface area contributed by atoms with Gasteiger partial charge in [-0.05, 0) is 62.3 Å². The molecule has 1 amide bonds. The molecule has 178 valence electrons. The maximum Gasteiger partial charge on any atom is 0.417 e. The lowest BCUT2D eigenvalue weighted by Crippen LogP contribution is -2.49. The number of pyridine rings is 1. The van der Waals surface area contributed by atoms with Gasteiger partial charge in [0.25, 0.3) is 5.91 Å². The van der Waals surface area contributed by atoms with Crippen molar-refractivity contribution in [3.05, 3.63) is 52.8 Å². The summed E-state index contributed by atoms with van der Waals surface area (Å²) >= 11 is 0. The third kappa shape index (κ3) is 5.22. The van der Waals surface area contributed by atoms with Gasteiger partial charge in [0.2, 0.25) is 0 Å². The molecule has 8 heteroatoms. The van der Waals surface area contributed by atoms with Crippen LogP contribution in [0.3, 0.4) is 0 Å². The van der Waals surface area contributed by atoms with Gasteiger partial charge < -0.3 is 14.9 Å². The van der Waals surface area contributed by atoms with Crippen molar-refractivity contribution in [1.82, 2.24) is 14.8 Å². The van der Waals surface area contributed by atoms with Crippen molar-refractivity contribution in [3.63, 3.8) is 0 Å². The predicted octanol–water partition coefficient (Wildman–Crippen LogP) is 4.45. The van der Waals surface area contributed by atoms with Gasteiger partial charge in [0.05, 0.1) is 11.7 Å². The Morgan fingerprint density at radius 1 is 0.939 bits per heavy atom. The second kappa shape index (κ2) is 9.43. The summed E-state index contributed by atoms with van der Waals surface area (Å²) in [5.74, 6) is -0.0220. The third-order valence-electron chi connectivity index (χ3n) is 6.91. The molecule has 0 unspecified atom stereocenters. The van der Waals surface area contributed by atoms with E-state index in [2.05, 4.69) is 9.88 Å². The Morgan fingerprint density at radius 2 is 1.55 bits per heavy atom. The zero-order valence-corrected chi connectivity index (χ0v) is 19.0. The molecule has 4 rings (SSSR count). The summed E-state index contributed by atoms with van der Waals surface area (Å²) < 4.78 is 39.2. The highest BCUT2D eigenvalue weighted by Gasteiger charge is 2.32. The lowest BCUT2D eigenvalue weighted by Gasteiger charge is -2.41. The van der Waals surface area contributed by atoms with Crippen molar-refractivity contribution in [2.24, 2.45) is 0 Å². The van der Waals surface area contributed by atoms with Gasteiger partial charge in [0, 0.05) is 55.7 Å². The standard InChI is InChI=1S/C25H30F3N3O2/c1-16-11-18(19-13-20(15-29-14-19)25(26,27)28)12-17(2)23(16)24(33)31-7-3-21(4-8-31)30-9-5-22(32)6-10-30/h11-15,21-22,32H,3-10H2,1-2H3. The number of aliphatic hydroxyl groups excluding tert-OH is 1. The molecule has 0 radical (unpaired) electrons. The number of benzene rings is 1. The number of aliphatic hydroxyl groups is 1. The monoisotopic (exact) mass is 461 g/mol. The number of aryl methyl sites for hydroxylation is 2. The minimum Gasteiger partial charge on any atom is -0.393 e. The Kier molecular flexibility index (Phi) is 6.77. The van der Waals surface area contributed by atoms with Gasteiger partial charge in [-0.3, -0.25) is 9.78 Å². The van der Waals surface area contributed by atoms with Crippen LogP contribution in [0.25, 0.3) is 11.1 Å². The lowest BCUT2D eigenvalue weighted by molar-refractivity contribution is -0.137. The van der Waals surface area contributed by atoms with Crippen molar-refractivity contribution < 1.29 is 23.1 Å². The normalized spacial score (nSPS) is 19.2. The van der Waals surface area contributed by atoms with Crippen LogP contribution in [0.2, 0.25) is 0 Å². The molecule has 3 heterocycles. The third-order valence-corrected chi connectivity index (χ3v) is 6.91. The predicted molar refractivity (Wildman–Crippen MR) is 120 cm³/mol. The number of carbonyl (C=O) groups excluding carboxylic acids is 1. The maximum atomic E-state index is 13.3. The van der Waals surface area contributed by atoms with Gasteiger partial charge in [-0.1, -0.05) is 12.1 Å². The zero-order valence-electron chi connectivity index (χ0n) is 19.0. The smallest absolute Gasteiger partial charge is 0.393 e. The fourth-order valence-electron chi connectivity index (χ4n) is 5.06. The summed E-state index contributed by atoms with van der Waals surface area (Å²) in [5, 5.41) is 9.73. The number of carbonyl (C=O) groups is 1. The highest BCUT2D eigenvalue weighted by molar-refractivity contribution is 5.98. The van der Waals surface area contributed by atoms with E-state index in [1.54, 1.807) is 12.1 Å². The molecule has 0 spiro atoms. The van der Waals surface area contributed by atoms with Crippen LogP contribution in [0.4, 0.5) is 13.2 Å². The molecule has 2 fully saturated rings. The fourth-order valence-corrected chi connectivity index (χ4v) is 5.06. The van der Waals surface area contributed by atoms with Crippen molar-refractivity contribution >= 4 is 5.91 Å². The van der Waals surface area contributed by atoms with Gasteiger partial charge in [-0.15, -0.1) is 0 Å². The van der Waals surface area contributed by atoms with Crippen molar-refractivity contribution in [3.8, 4) is 11.1 Å². The van der Waals surface area contributed by atoms with Crippen LogP contribution in [0, 0.1) is 13.8 Å². The van der Waals surface area contributed by atoms with Crippen LogP contribution in [0.15, 0.2) is 30.6 Å². The SMILES string of the molecule is Cc1cc(-c2cncc(C(F)(F)F)c2)cc(C)c1C(=O)N1CCC(N2CCC(O)CC2)CC1. The molecular formula is C25H30F3N3O2. The maximum absolute atomic E-state index is 13.3. The number of rotatable bonds is 3. The highest BCUT2D eigenvalue weighted by atomic mass is 19.4. The number of nitrogens with zero attached hydrogens (tertiary/aromatic N) is 3. The average Bonchev–Trinajstić information content (AvgIpc) is 2.78. The Bertz CT molecular complexity index is 985. The van der Waals surface area contributed by atoms with Crippen molar-refractivity contribution in [2.45, 2.75) is 57.9 Å². The van der Waals surface area contributed by atoms with Crippen molar-refractivity contribution in [1.29, 1.82) is 0 Å². The Balaban J connectivity index is 1.47. The first kappa shape index (κ1) is 23.7. The molecule has 0 atom stereocenters. The summed E-state index contributed by atoms with van der Waals surface area (Å²) in [5.41, 5.74) is 2.33. The van der Waals surface area contributed by atoms with Crippen LogP contribution in [0.5, 0.6) is 0 Å². The van der Waals surface area contributed by atoms with Gasteiger partial charge >= 0.3 is 6.18 Å². The fraction of sp³-hybridized carbons (Fsp3) is 0.520. The number of alkyl halides is 3. The topological polar surface area (TPSA) is 56.7 Å². The molecule has 1 aromatic heterocycles. The average molecular weight is 462 g/mol. The van der Waals surface area contributed by atoms with Crippen LogP contribution in [-0.4, -0.2) is 64.1 Å². The molecule has 1 N–H and O–H groups in total. The van der Waals surface area contributed by atoms with E-state index in [-0.39, 0.29) is 12.0 Å². The van der Waals surface area contributed by atoms with Crippen LogP contribution in [-0.2, 0) is 6.18 Å². The molecule has 2 aliphatic heterocycles. The van der Waals surface area contributed by atoms with Gasteiger partial charge in [-0.2, -0.15) is 13.2 Å². The second-order valence-corrected chi connectivity index (χ2v) is 9.24. The largest absolute Gasteiger partial charge is 0.417 e. The van der Waals surface area contributed by atoms with Crippen LogP contribution < -0.4 is 0 Å². The molecule has 0 saturated carbocycles. The van der Waals surface area contributed by atoms with Gasteiger partial charge in [0.1, 0.15) is 0 Å². The second-order valence-electron chi connectivity index (χ2n) is 9.24. The highest BCUT2D eigenvalue weighted by Crippen LogP contribution is 2.33. The first-order chi connectivity index (χ1) is 15.6. The number of hydrogen-bond acceptors (Lipinski definition) is 4. The summed E-state index contributed by atoms with van der Waals surface area (Å²) in [6.45, 7) is 6.84. The molecule has 5 nitrogen and oxygen atoms in total. The number of hydrogen-bond donors (Lipinski definition) is 1. The van der Waals surface area contributed by atoms with E-state index >= 15 is 0 Å². The molecule has 0 bridgehead atoms. The van der Waals surface area contributed by atoms with Gasteiger partial charge in [-0.25, -0.2) is 0 Å². The number of halogens is 3. The number of amides is 1. The summed E-state index contributed by atoms with van der Waals surface area (Å²) in [6, 6.07) is 5.07. The Hall–Kier alpha value is -2.45. The number of aromatic nitrogens is 1. The number of likely N-dealkylation sites (tertiary alicyclic amines) is 2. The van der Waals surface area contributed by atoms with E-state index in [9.17, 15) is 23.1 Å². The van der Waals surface area contributed by atoms with Crippen LogP contribution in [0.1, 0.15) is 52.7 Å². The first-order valence-corrected chi connectivity index (χ1v) is 11.5. The molecule has 33 heavy (non-hydrogen) atoms. The molecule has 2 aromatic rings. The van der Waals surface area contributed by atoms with E-state index in [1.165, 1.54) is 6.20 Å². The van der Waals surface area contributed by atoms with E-state index in [0.29, 0.717) is 35.8 Å². The zero-order chi connectivity index (χ0) is 23.8. The van der Waals surface area contributed by atoms with E-state index in [4.69, 9.17) is 0 Å². The van der Waals surface area contributed by atoms with E-state index < -0.39 is 11.7 Å². The van der Waals surface area contributed by atoms with E-state index in [1.807, 2.05) is 18.7 Å². The lowest BCUT2D eigenvalue weighted by atomic mass is 9.93. The molecule has 2 saturated heterocycles. The summed E-state index contributed by atoms with van der Waals surface area (Å²) in [4.78, 5) is 21.4. The number of piperidine rings is 2.